The molecule has 26 heavy (non-hydrogen) atoms. The summed E-state index contributed by atoms with van der Waals surface area (Å²) in [5.74, 6) is 0.628. The molecule has 1 aromatic carbocycles. The quantitative estimate of drug-likeness (QED) is 0.556. The summed E-state index contributed by atoms with van der Waals surface area (Å²) in [6, 6.07) is 13.2. The summed E-state index contributed by atoms with van der Waals surface area (Å²) >= 11 is 6.29. The van der Waals surface area contributed by atoms with E-state index in [1.807, 2.05) is 30.3 Å². The van der Waals surface area contributed by atoms with Crippen LogP contribution in [0.15, 0.2) is 54.9 Å². The van der Waals surface area contributed by atoms with Crippen LogP contribution in [-0.2, 0) is 6.42 Å². The normalized spacial score (nSPS) is 11.0. The van der Waals surface area contributed by atoms with E-state index in [2.05, 4.69) is 20.2 Å². The van der Waals surface area contributed by atoms with Crippen molar-refractivity contribution >= 4 is 35.9 Å². The number of benzene rings is 1. The van der Waals surface area contributed by atoms with Crippen LogP contribution in [0.3, 0.4) is 0 Å². The van der Waals surface area contributed by atoms with E-state index in [0.29, 0.717) is 40.6 Å². The van der Waals surface area contributed by atoms with Crippen LogP contribution in [0.2, 0.25) is 5.02 Å². The van der Waals surface area contributed by atoms with Gasteiger partial charge in [0.05, 0.1) is 17.3 Å². The summed E-state index contributed by atoms with van der Waals surface area (Å²) in [6.07, 6.45) is 4.16. The van der Waals surface area contributed by atoms with Gasteiger partial charge in [-0.1, -0.05) is 17.7 Å². The van der Waals surface area contributed by atoms with Crippen LogP contribution in [0.5, 0.6) is 5.75 Å². The molecular weight excluding hydrogens is 347 g/mol. The molecule has 0 saturated heterocycles. The highest BCUT2D eigenvalue weighted by Gasteiger charge is 2.14. The Kier molecular flexibility index (Phi) is 4.58. The average Bonchev–Trinajstić information content (AvgIpc) is 3.04. The van der Waals surface area contributed by atoms with E-state index < -0.39 is 0 Å². The largest absolute Gasteiger partial charge is 0.491 e. The Balaban J connectivity index is 1.68. The van der Waals surface area contributed by atoms with Crippen LogP contribution >= 0.6 is 11.6 Å². The predicted octanol–water partition coefficient (Wildman–Crippen LogP) is 3.09. The molecule has 0 aliphatic carbocycles. The molecule has 3 heterocycles. The van der Waals surface area contributed by atoms with Crippen molar-refractivity contribution in [3.8, 4) is 17.0 Å². The number of aromatic amines is 1. The Bertz CT molecular complexity index is 1050. The Morgan fingerprint density at radius 1 is 1.08 bits per heavy atom. The molecule has 1 N–H and O–H groups in total. The third kappa shape index (κ3) is 3.28. The lowest BCUT2D eigenvalue weighted by atomic mass is 9.97. The number of rotatable bonds is 5. The zero-order valence-corrected chi connectivity index (χ0v) is 14.6. The fourth-order valence-electron chi connectivity index (χ4n) is 2.76. The minimum atomic E-state index is 0.471. The first-order valence-corrected chi connectivity index (χ1v) is 8.51. The van der Waals surface area contributed by atoms with Crippen LogP contribution in [0.1, 0.15) is 5.69 Å². The minimum Gasteiger partial charge on any atom is -0.491 e. The Morgan fingerprint density at radius 2 is 1.96 bits per heavy atom. The van der Waals surface area contributed by atoms with Gasteiger partial charge >= 0.3 is 0 Å². The van der Waals surface area contributed by atoms with E-state index in [1.165, 1.54) is 0 Å². The van der Waals surface area contributed by atoms with Crippen LogP contribution in [-0.4, -0.2) is 34.6 Å². The predicted molar refractivity (Wildman–Crippen MR) is 103 cm³/mol. The number of H-pyrrole nitrogens is 1. The molecule has 0 aliphatic heterocycles. The molecule has 7 heteroatoms. The number of halogens is 1. The summed E-state index contributed by atoms with van der Waals surface area (Å²) in [7, 11) is 6.01. The van der Waals surface area contributed by atoms with E-state index in [4.69, 9.17) is 24.2 Å². The van der Waals surface area contributed by atoms with E-state index in [-0.39, 0.29) is 0 Å². The van der Waals surface area contributed by atoms with Gasteiger partial charge in [-0.25, -0.2) is 0 Å². The molecule has 0 amide bonds. The number of hydrogen-bond acceptors (Lipinski definition) is 4. The van der Waals surface area contributed by atoms with Gasteiger partial charge in [0.15, 0.2) is 0 Å². The third-order valence-corrected chi connectivity index (χ3v) is 4.33. The summed E-state index contributed by atoms with van der Waals surface area (Å²) < 4.78 is 5.99. The standard InChI is InChI=1S/C19H14BClN4O/c20-19-14-10-12(17-15(21)5-3-8-23-17)11-16(18(14)24-25-19)26-9-6-13-4-1-2-7-22-13/h1-5,7-8,10-11H,6,9H2,(H,24,25). The van der Waals surface area contributed by atoms with Crippen LogP contribution in [0.4, 0.5) is 0 Å². The van der Waals surface area contributed by atoms with Gasteiger partial charge in [-0.3, -0.25) is 15.1 Å². The van der Waals surface area contributed by atoms with Crippen molar-refractivity contribution in [2.45, 2.75) is 6.42 Å². The fraction of sp³-hybridized carbons (Fsp3) is 0.105. The number of pyridine rings is 2. The minimum absolute atomic E-state index is 0.471. The summed E-state index contributed by atoms with van der Waals surface area (Å²) in [4.78, 5) is 8.67. The first-order valence-electron chi connectivity index (χ1n) is 8.13. The first kappa shape index (κ1) is 16.6. The van der Waals surface area contributed by atoms with Crippen molar-refractivity contribution in [3.05, 3.63) is 65.6 Å². The molecule has 126 valence electrons. The Labute approximate surface area is 156 Å². The Hall–Kier alpha value is -2.86. The maximum atomic E-state index is 6.29. The second kappa shape index (κ2) is 7.18. The van der Waals surface area contributed by atoms with Crippen molar-refractivity contribution in [3.63, 3.8) is 0 Å². The molecule has 0 fully saturated rings. The molecule has 4 rings (SSSR count). The van der Waals surface area contributed by atoms with Crippen molar-refractivity contribution in [1.82, 2.24) is 20.2 Å². The van der Waals surface area contributed by atoms with Gasteiger partial charge in [0, 0.05) is 35.5 Å². The lowest BCUT2D eigenvalue weighted by molar-refractivity contribution is 0.324. The number of fused-ring (bicyclic) bond motifs is 1. The molecule has 0 bridgehead atoms. The van der Waals surface area contributed by atoms with Crippen molar-refractivity contribution in [2.75, 3.05) is 6.61 Å². The molecule has 0 spiro atoms. The molecule has 3 aromatic heterocycles. The van der Waals surface area contributed by atoms with Crippen LogP contribution in [0, 0.1) is 0 Å². The first-order chi connectivity index (χ1) is 12.7. The molecule has 0 atom stereocenters. The molecule has 0 unspecified atom stereocenters. The van der Waals surface area contributed by atoms with E-state index in [0.717, 1.165) is 16.6 Å². The van der Waals surface area contributed by atoms with Gasteiger partial charge in [0.1, 0.15) is 19.1 Å². The molecule has 0 aliphatic rings. The highest BCUT2D eigenvalue weighted by molar-refractivity contribution is 6.37. The second-order valence-electron chi connectivity index (χ2n) is 5.76. The van der Waals surface area contributed by atoms with Gasteiger partial charge in [0.25, 0.3) is 0 Å². The summed E-state index contributed by atoms with van der Waals surface area (Å²) in [5.41, 5.74) is 3.62. The summed E-state index contributed by atoms with van der Waals surface area (Å²) in [5, 5.41) is 8.40. The van der Waals surface area contributed by atoms with Crippen LogP contribution in [0.25, 0.3) is 22.2 Å². The van der Waals surface area contributed by atoms with Crippen molar-refractivity contribution in [1.29, 1.82) is 0 Å². The number of nitrogens with zero attached hydrogens (tertiary/aromatic N) is 3. The van der Waals surface area contributed by atoms with Crippen LogP contribution < -0.4 is 10.3 Å². The fourth-order valence-corrected chi connectivity index (χ4v) is 2.99. The highest BCUT2D eigenvalue weighted by atomic mass is 35.5. The number of hydrogen-bond donors (Lipinski definition) is 1. The van der Waals surface area contributed by atoms with Crippen molar-refractivity contribution < 1.29 is 4.74 Å². The van der Waals surface area contributed by atoms with Gasteiger partial charge in [0.2, 0.25) is 0 Å². The highest BCUT2D eigenvalue weighted by Crippen LogP contribution is 2.32. The second-order valence-corrected chi connectivity index (χ2v) is 6.17. The summed E-state index contributed by atoms with van der Waals surface area (Å²) in [6.45, 7) is 0.471. The van der Waals surface area contributed by atoms with Gasteiger partial charge < -0.3 is 4.74 Å². The lowest BCUT2D eigenvalue weighted by Gasteiger charge is -2.10. The topological polar surface area (TPSA) is 63.7 Å². The maximum absolute atomic E-state index is 6.29. The molecule has 4 aromatic rings. The zero-order valence-electron chi connectivity index (χ0n) is 13.8. The number of ether oxygens (including phenoxy) is 1. The monoisotopic (exact) mass is 360 g/mol. The van der Waals surface area contributed by atoms with Crippen molar-refractivity contribution in [2.24, 2.45) is 0 Å². The molecule has 0 saturated carbocycles. The van der Waals surface area contributed by atoms with E-state index in [9.17, 15) is 0 Å². The van der Waals surface area contributed by atoms with E-state index >= 15 is 0 Å². The zero-order chi connectivity index (χ0) is 17.9. The van der Waals surface area contributed by atoms with Gasteiger partial charge in [-0.15, -0.1) is 0 Å². The molecular formula is C19H14BClN4O. The average molecular weight is 361 g/mol. The molecule has 2 radical (unpaired) electrons. The smallest absolute Gasteiger partial charge is 0.148 e. The van der Waals surface area contributed by atoms with E-state index in [1.54, 1.807) is 24.5 Å². The number of nitrogens with one attached hydrogen (secondary N) is 1. The maximum Gasteiger partial charge on any atom is 0.148 e. The van der Waals surface area contributed by atoms with Gasteiger partial charge in [-0.05, 0) is 42.0 Å². The number of aromatic nitrogens is 4. The SMILES string of the molecule is [B]c1[nH]nc2c(OCCc3ccccn3)cc(-c3ncccc3Cl)cc12. The third-order valence-electron chi connectivity index (χ3n) is 4.03. The molecule has 5 nitrogen and oxygen atoms in total. The Morgan fingerprint density at radius 3 is 2.77 bits per heavy atom. The lowest BCUT2D eigenvalue weighted by Crippen LogP contribution is -2.05. The van der Waals surface area contributed by atoms with Gasteiger partial charge in [-0.2, -0.15) is 5.10 Å².